The number of likely N-dealkylation sites (N-methyl/N-ethyl adjacent to an activating group) is 1. The number of benzene rings is 1. The Hall–Kier alpha value is -1.83. The SMILES string of the molecule is CCC#Cc1ccccc1C(OC1CCCCC1)(C(=O)O)N(CC)CC. The molecule has 1 aromatic carbocycles. The normalized spacial score (nSPS) is 17.4. The Morgan fingerprint density at radius 1 is 1.19 bits per heavy atom. The molecule has 26 heavy (non-hydrogen) atoms. The molecule has 0 aromatic heterocycles. The van der Waals surface area contributed by atoms with E-state index in [4.69, 9.17) is 4.74 Å². The third kappa shape index (κ3) is 4.28. The van der Waals surface area contributed by atoms with Crippen LogP contribution in [0, 0.1) is 11.8 Å². The second-order valence-electron chi connectivity index (χ2n) is 6.70. The first-order valence-corrected chi connectivity index (χ1v) is 9.84. The number of rotatable bonds is 7. The first-order valence-electron chi connectivity index (χ1n) is 9.84. The lowest BCUT2D eigenvalue weighted by Gasteiger charge is -2.43. The van der Waals surface area contributed by atoms with Gasteiger partial charge in [-0.05, 0) is 32.0 Å². The lowest BCUT2D eigenvalue weighted by atomic mass is 9.92. The fraction of sp³-hybridized carbons (Fsp3) is 0.591. The molecule has 0 radical (unpaired) electrons. The van der Waals surface area contributed by atoms with Gasteiger partial charge in [0.15, 0.2) is 0 Å². The number of carbonyl (C=O) groups is 1. The molecule has 1 aromatic rings. The molecule has 2 rings (SSSR count). The zero-order chi connectivity index (χ0) is 19.0. The van der Waals surface area contributed by atoms with Crippen LogP contribution in [0.1, 0.15) is 70.4 Å². The molecule has 0 saturated heterocycles. The molecule has 1 atom stereocenters. The van der Waals surface area contributed by atoms with Crippen molar-refractivity contribution < 1.29 is 14.6 Å². The fourth-order valence-electron chi connectivity index (χ4n) is 3.77. The van der Waals surface area contributed by atoms with Crippen molar-refractivity contribution >= 4 is 5.97 Å². The van der Waals surface area contributed by atoms with E-state index in [1.807, 2.05) is 49.9 Å². The van der Waals surface area contributed by atoms with Crippen molar-refractivity contribution in [2.24, 2.45) is 0 Å². The van der Waals surface area contributed by atoms with Gasteiger partial charge in [0.1, 0.15) is 0 Å². The minimum Gasteiger partial charge on any atom is -0.478 e. The quantitative estimate of drug-likeness (QED) is 0.581. The summed E-state index contributed by atoms with van der Waals surface area (Å²) in [6.45, 7) is 7.12. The molecule has 1 aliphatic carbocycles. The molecule has 142 valence electrons. The maximum atomic E-state index is 12.7. The van der Waals surface area contributed by atoms with Crippen LogP contribution < -0.4 is 0 Å². The van der Waals surface area contributed by atoms with Crippen LogP contribution in [-0.2, 0) is 15.3 Å². The first kappa shape index (κ1) is 20.5. The number of nitrogens with zero attached hydrogens (tertiary/aromatic N) is 1. The van der Waals surface area contributed by atoms with Gasteiger partial charge in [-0.25, -0.2) is 4.79 Å². The van der Waals surface area contributed by atoms with E-state index in [9.17, 15) is 9.90 Å². The Kier molecular flexibility index (Phi) is 7.68. The fourth-order valence-corrected chi connectivity index (χ4v) is 3.77. The van der Waals surface area contributed by atoms with E-state index in [-0.39, 0.29) is 6.10 Å². The van der Waals surface area contributed by atoms with Crippen molar-refractivity contribution in [3.63, 3.8) is 0 Å². The van der Waals surface area contributed by atoms with Crippen LogP contribution in [0.5, 0.6) is 0 Å². The van der Waals surface area contributed by atoms with Crippen molar-refractivity contribution in [3.05, 3.63) is 35.4 Å². The van der Waals surface area contributed by atoms with Gasteiger partial charge in [-0.3, -0.25) is 4.90 Å². The van der Waals surface area contributed by atoms with Gasteiger partial charge in [0.05, 0.1) is 6.10 Å². The Morgan fingerprint density at radius 2 is 1.85 bits per heavy atom. The summed E-state index contributed by atoms with van der Waals surface area (Å²) in [6.07, 6.45) is 5.91. The minimum atomic E-state index is -1.50. The average molecular weight is 357 g/mol. The Morgan fingerprint density at radius 3 is 2.42 bits per heavy atom. The molecule has 0 spiro atoms. The minimum absolute atomic E-state index is 0.0346. The number of hydrogen-bond acceptors (Lipinski definition) is 3. The van der Waals surface area contributed by atoms with Crippen molar-refractivity contribution in [2.75, 3.05) is 13.1 Å². The third-order valence-electron chi connectivity index (χ3n) is 5.08. The highest BCUT2D eigenvalue weighted by molar-refractivity contribution is 5.80. The van der Waals surface area contributed by atoms with Crippen molar-refractivity contribution in [1.82, 2.24) is 4.90 Å². The molecule has 0 amide bonds. The molecule has 1 aliphatic rings. The Bertz CT molecular complexity index is 651. The van der Waals surface area contributed by atoms with Gasteiger partial charge >= 0.3 is 5.97 Å². The lowest BCUT2D eigenvalue weighted by Crippen LogP contribution is -2.56. The van der Waals surface area contributed by atoms with Gasteiger partial charge in [-0.15, -0.1) is 0 Å². The highest BCUT2D eigenvalue weighted by Crippen LogP contribution is 2.37. The number of ether oxygens (including phenoxy) is 1. The summed E-state index contributed by atoms with van der Waals surface area (Å²) < 4.78 is 6.45. The predicted octanol–water partition coefficient (Wildman–Crippen LogP) is 4.38. The standard InChI is InChI=1S/C22H31NO3/c1-4-7-13-18-14-11-12-17-20(18)22(21(24)25,23(5-2)6-3)26-19-15-9-8-10-16-19/h11-12,14,17,19H,4-6,8-10,15-16H2,1-3H3,(H,24,25). The zero-order valence-electron chi connectivity index (χ0n) is 16.3. The first-order chi connectivity index (χ1) is 12.6. The highest BCUT2D eigenvalue weighted by Gasteiger charge is 2.49. The van der Waals surface area contributed by atoms with Crippen LogP contribution in [-0.4, -0.2) is 35.2 Å². The zero-order valence-corrected chi connectivity index (χ0v) is 16.3. The topological polar surface area (TPSA) is 49.8 Å². The van der Waals surface area contributed by atoms with Crippen LogP contribution in [0.2, 0.25) is 0 Å². The highest BCUT2D eigenvalue weighted by atomic mass is 16.6. The monoisotopic (exact) mass is 357 g/mol. The average Bonchev–Trinajstić information content (AvgIpc) is 2.67. The van der Waals surface area contributed by atoms with Gasteiger partial charge in [0, 0.05) is 17.5 Å². The molecular formula is C22H31NO3. The van der Waals surface area contributed by atoms with Crippen LogP contribution in [0.4, 0.5) is 0 Å². The van der Waals surface area contributed by atoms with Gasteiger partial charge in [0.25, 0.3) is 0 Å². The van der Waals surface area contributed by atoms with E-state index in [1.165, 1.54) is 6.42 Å². The van der Waals surface area contributed by atoms with Crippen LogP contribution in [0.15, 0.2) is 24.3 Å². The molecule has 1 saturated carbocycles. The number of hydrogen-bond donors (Lipinski definition) is 1. The van der Waals surface area contributed by atoms with Gasteiger partial charge in [-0.2, -0.15) is 0 Å². The molecule has 0 heterocycles. The van der Waals surface area contributed by atoms with Crippen molar-refractivity contribution in [2.45, 2.75) is 71.1 Å². The summed E-state index contributed by atoms with van der Waals surface area (Å²) in [6, 6.07) is 7.52. The van der Waals surface area contributed by atoms with Gasteiger partial charge in [0.2, 0.25) is 5.72 Å². The maximum Gasteiger partial charge on any atom is 0.356 e. The summed E-state index contributed by atoms with van der Waals surface area (Å²) in [4.78, 5) is 14.6. The summed E-state index contributed by atoms with van der Waals surface area (Å²) in [7, 11) is 0. The third-order valence-corrected chi connectivity index (χ3v) is 5.08. The summed E-state index contributed by atoms with van der Waals surface area (Å²) in [5.41, 5.74) is -0.118. The van der Waals surface area contributed by atoms with Crippen molar-refractivity contribution in [3.8, 4) is 11.8 Å². The van der Waals surface area contributed by atoms with Crippen LogP contribution in [0.3, 0.4) is 0 Å². The summed E-state index contributed by atoms with van der Waals surface area (Å²) in [5.74, 6) is 5.26. The Labute approximate surface area is 157 Å². The largest absolute Gasteiger partial charge is 0.478 e. The number of carboxylic acids is 1. The van der Waals surface area contributed by atoms with Crippen LogP contribution in [0.25, 0.3) is 0 Å². The van der Waals surface area contributed by atoms with Crippen molar-refractivity contribution in [1.29, 1.82) is 0 Å². The molecule has 4 heteroatoms. The molecule has 1 N–H and O–H groups in total. The van der Waals surface area contributed by atoms with E-state index >= 15 is 0 Å². The van der Waals surface area contributed by atoms with E-state index in [0.717, 1.165) is 37.7 Å². The predicted molar refractivity (Wildman–Crippen MR) is 104 cm³/mol. The van der Waals surface area contributed by atoms with E-state index in [1.54, 1.807) is 0 Å². The van der Waals surface area contributed by atoms with E-state index in [0.29, 0.717) is 18.7 Å². The number of carboxylic acid groups (broad SMARTS) is 1. The molecular weight excluding hydrogens is 326 g/mol. The summed E-state index contributed by atoms with van der Waals surface area (Å²) in [5, 5.41) is 10.4. The smallest absolute Gasteiger partial charge is 0.356 e. The second-order valence-corrected chi connectivity index (χ2v) is 6.70. The van der Waals surface area contributed by atoms with Crippen LogP contribution >= 0.6 is 0 Å². The number of aliphatic carboxylic acids is 1. The Balaban J connectivity index is 2.60. The maximum absolute atomic E-state index is 12.7. The molecule has 1 unspecified atom stereocenters. The molecule has 0 aliphatic heterocycles. The van der Waals surface area contributed by atoms with Gasteiger partial charge < -0.3 is 9.84 Å². The second kappa shape index (κ2) is 9.75. The van der Waals surface area contributed by atoms with E-state index in [2.05, 4.69) is 11.8 Å². The summed E-state index contributed by atoms with van der Waals surface area (Å²) >= 11 is 0. The molecule has 0 bridgehead atoms. The van der Waals surface area contributed by atoms with Gasteiger partial charge in [-0.1, -0.05) is 70.1 Å². The van der Waals surface area contributed by atoms with E-state index < -0.39 is 11.7 Å². The lowest BCUT2D eigenvalue weighted by molar-refractivity contribution is -0.220. The molecule has 1 fully saturated rings. The molecule has 4 nitrogen and oxygen atoms in total.